The van der Waals surface area contributed by atoms with E-state index in [-0.39, 0.29) is 5.57 Å². The number of barbiturate groups is 1. The molecule has 1 saturated heterocycles. The third-order valence-corrected chi connectivity index (χ3v) is 4.82. The van der Waals surface area contributed by atoms with E-state index in [4.69, 9.17) is 0 Å². The highest BCUT2D eigenvalue weighted by Crippen LogP contribution is 2.24. The Bertz CT molecular complexity index is 1100. The van der Waals surface area contributed by atoms with Gasteiger partial charge in [0.1, 0.15) is 5.57 Å². The monoisotopic (exact) mass is 435 g/mol. The number of halogens is 1. The number of nitrogens with zero attached hydrogens (tertiary/aromatic N) is 2. The van der Waals surface area contributed by atoms with Gasteiger partial charge in [0, 0.05) is 22.1 Å². The summed E-state index contributed by atoms with van der Waals surface area (Å²) in [5, 5.41) is 2.23. The number of aromatic nitrogens is 1. The van der Waals surface area contributed by atoms with Crippen LogP contribution < -0.4 is 10.2 Å². The van der Waals surface area contributed by atoms with Crippen LogP contribution >= 0.6 is 15.9 Å². The van der Waals surface area contributed by atoms with Gasteiger partial charge in [0.05, 0.1) is 5.69 Å². The molecule has 1 aromatic heterocycles. The molecule has 0 atom stereocenters. The second-order valence-corrected chi connectivity index (χ2v) is 6.99. The minimum Gasteiger partial charge on any atom is -0.317 e. The molecule has 6 nitrogen and oxygen atoms in total. The Morgan fingerprint density at radius 2 is 1.54 bits per heavy atom. The summed E-state index contributed by atoms with van der Waals surface area (Å²) in [6, 6.07) is 19.1. The van der Waals surface area contributed by atoms with E-state index < -0.39 is 17.8 Å². The smallest absolute Gasteiger partial charge is 0.317 e. The first-order valence-electron chi connectivity index (χ1n) is 8.44. The Hall–Kier alpha value is -3.45. The average Bonchev–Trinajstić information content (AvgIpc) is 3.15. The van der Waals surface area contributed by atoms with Gasteiger partial charge in [0.25, 0.3) is 11.8 Å². The van der Waals surface area contributed by atoms with Crippen LogP contribution in [-0.2, 0) is 9.59 Å². The Morgan fingerprint density at radius 1 is 0.821 bits per heavy atom. The lowest BCUT2D eigenvalue weighted by molar-refractivity contribution is -0.122. The van der Waals surface area contributed by atoms with Crippen LogP contribution in [0, 0.1) is 0 Å². The Kier molecular flexibility index (Phi) is 4.67. The summed E-state index contributed by atoms with van der Waals surface area (Å²) in [5.74, 6) is -1.39. The van der Waals surface area contributed by atoms with Gasteiger partial charge in [-0.3, -0.25) is 14.9 Å². The van der Waals surface area contributed by atoms with Crippen molar-refractivity contribution in [3.63, 3.8) is 0 Å². The number of carbonyl (C=O) groups excluding carboxylic acids is 3. The van der Waals surface area contributed by atoms with Crippen molar-refractivity contribution in [2.24, 2.45) is 0 Å². The highest BCUT2D eigenvalue weighted by atomic mass is 79.9. The van der Waals surface area contributed by atoms with Gasteiger partial charge in [-0.15, -0.1) is 0 Å². The molecule has 1 fully saturated rings. The minimum atomic E-state index is -0.770. The summed E-state index contributed by atoms with van der Waals surface area (Å²) in [6.45, 7) is 0. The van der Waals surface area contributed by atoms with E-state index in [1.165, 1.54) is 6.08 Å². The van der Waals surface area contributed by atoms with Crippen LogP contribution in [-0.4, -0.2) is 22.4 Å². The Balaban J connectivity index is 1.74. The van der Waals surface area contributed by atoms with Crippen LogP contribution in [0.25, 0.3) is 11.8 Å². The molecule has 4 rings (SSSR count). The third kappa shape index (κ3) is 3.27. The van der Waals surface area contributed by atoms with Crippen molar-refractivity contribution in [1.82, 2.24) is 9.88 Å². The van der Waals surface area contributed by atoms with Crippen molar-refractivity contribution in [3.05, 3.63) is 88.7 Å². The molecule has 7 heteroatoms. The molecule has 138 valence electrons. The summed E-state index contributed by atoms with van der Waals surface area (Å²) >= 11 is 3.32. The third-order valence-electron chi connectivity index (χ3n) is 4.29. The van der Waals surface area contributed by atoms with E-state index in [0.29, 0.717) is 11.4 Å². The quantitative estimate of drug-likeness (QED) is 0.500. The first-order chi connectivity index (χ1) is 13.5. The van der Waals surface area contributed by atoms with Crippen molar-refractivity contribution >= 4 is 45.5 Å². The maximum absolute atomic E-state index is 13.0. The first-order valence-corrected chi connectivity index (χ1v) is 9.24. The lowest BCUT2D eigenvalue weighted by Crippen LogP contribution is -2.54. The predicted octanol–water partition coefficient (Wildman–Crippen LogP) is 3.91. The van der Waals surface area contributed by atoms with Gasteiger partial charge >= 0.3 is 6.03 Å². The summed E-state index contributed by atoms with van der Waals surface area (Å²) in [4.78, 5) is 38.5. The maximum atomic E-state index is 13.0. The zero-order valence-corrected chi connectivity index (χ0v) is 16.1. The number of nitrogens with one attached hydrogen (secondary N) is 1. The van der Waals surface area contributed by atoms with Gasteiger partial charge in [-0.2, -0.15) is 0 Å². The molecule has 0 bridgehead atoms. The zero-order chi connectivity index (χ0) is 19.7. The second kappa shape index (κ2) is 7.28. The lowest BCUT2D eigenvalue weighted by atomic mass is 10.1. The van der Waals surface area contributed by atoms with Crippen molar-refractivity contribution in [3.8, 4) is 5.69 Å². The van der Waals surface area contributed by atoms with Crippen LogP contribution in [0.4, 0.5) is 10.5 Å². The second-order valence-electron chi connectivity index (χ2n) is 6.07. The van der Waals surface area contributed by atoms with Gasteiger partial charge in [0.15, 0.2) is 0 Å². The number of carbonyl (C=O) groups is 3. The predicted molar refractivity (Wildman–Crippen MR) is 109 cm³/mol. The van der Waals surface area contributed by atoms with Crippen molar-refractivity contribution < 1.29 is 14.4 Å². The van der Waals surface area contributed by atoms with Crippen LogP contribution in [0.1, 0.15) is 5.69 Å². The summed E-state index contributed by atoms with van der Waals surface area (Å²) in [6.07, 6.45) is 3.33. The van der Waals surface area contributed by atoms with Crippen LogP contribution in [0.3, 0.4) is 0 Å². The van der Waals surface area contributed by atoms with E-state index in [2.05, 4.69) is 21.2 Å². The van der Waals surface area contributed by atoms with Crippen molar-refractivity contribution in [1.29, 1.82) is 0 Å². The molecule has 0 saturated carbocycles. The standard InChI is InChI=1S/C21H14BrN3O3/c22-14-8-10-16(11-9-14)25-20(27)18(19(26)23-21(25)28)13-17-7-4-12-24(17)15-5-2-1-3-6-15/h1-13H,(H,23,26,28)/b18-13+. The van der Waals surface area contributed by atoms with Gasteiger partial charge in [-0.25, -0.2) is 9.69 Å². The van der Waals surface area contributed by atoms with Gasteiger partial charge < -0.3 is 4.57 Å². The number of amides is 4. The normalized spacial score (nSPS) is 15.8. The Morgan fingerprint density at radius 3 is 2.25 bits per heavy atom. The molecule has 1 aliphatic rings. The minimum absolute atomic E-state index is 0.113. The number of para-hydroxylation sites is 1. The molecule has 1 N–H and O–H groups in total. The molecular formula is C21H14BrN3O3. The maximum Gasteiger partial charge on any atom is 0.335 e. The fourth-order valence-corrected chi connectivity index (χ4v) is 3.23. The molecule has 0 radical (unpaired) electrons. The number of rotatable bonds is 3. The molecular weight excluding hydrogens is 422 g/mol. The van der Waals surface area contributed by atoms with E-state index in [9.17, 15) is 14.4 Å². The fraction of sp³-hybridized carbons (Fsp3) is 0. The average molecular weight is 436 g/mol. The first kappa shape index (κ1) is 17.9. The van der Waals surface area contributed by atoms with Crippen LogP contribution in [0.2, 0.25) is 0 Å². The molecule has 0 aliphatic carbocycles. The van der Waals surface area contributed by atoms with Crippen molar-refractivity contribution in [2.75, 3.05) is 4.90 Å². The molecule has 3 aromatic rings. The molecule has 2 heterocycles. The SMILES string of the molecule is O=C1NC(=O)N(c2ccc(Br)cc2)C(=O)/C1=C/c1cccn1-c1ccccc1. The zero-order valence-electron chi connectivity index (χ0n) is 14.5. The number of urea groups is 1. The molecule has 2 aromatic carbocycles. The highest BCUT2D eigenvalue weighted by molar-refractivity contribution is 9.10. The summed E-state index contributed by atoms with van der Waals surface area (Å²) in [7, 11) is 0. The van der Waals surface area contributed by atoms with E-state index in [1.807, 2.05) is 47.2 Å². The van der Waals surface area contributed by atoms with Crippen LogP contribution in [0.15, 0.2) is 83.0 Å². The van der Waals surface area contributed by atoms with Gasteiger partial charge in [-0.1, -0.05) is 34.1 Å². The molecule has 0 spiro atoms. The molecule has 1 aliphatic heterocycles. The largest absolute Gasteiger partial charge is 0.335 e. The van der Waals surface area contributed by atoms with Gasteiger partial charge in [-0.05, 0) is 54.6 Å². The lowest BCUT2D eigenvalue weighted by Gasteiger charge is -2.26. The number of anilines is 1. The Labute approximate surface area is 169 Å². The molecule has 4 amide bonds. The van der Waals surface area contributed by atoms with E-state index in [1.54, 1.807) is 30.3 Å². The van der Waals surface area contributed by atoms with E-state index in [0.717, 1.165) is 15.1 Å². The topological polar surface area (TPSA) is 71.4 Å². The molecule has 28 heavy (non-hydrogen) atoms. The van der Waals surface area contributed by atoms with Crippen LogP contribution in [0.5, 0.6) is 0 Å². The van der Waals surface area contributed by atoms with Crippen molar-refractivity contribution in [2.45, 2.75) is 0 Å². The number of hydrogen-bond acceptors (Lipinski definition) is 3. The number of imide groups is 2. The van der Waals surface area contributed by atoms with Gasteiger partial charge in [0.2, 0.25) is 0 Å². The summed E-state index contributed by atoms with van der Waals surface area (Å²) < 4.78 is 2.67. The number of benzene rings is 2. The number of hydrogen-bond donors (Lipinski definition) is 1. The highest BCUT2D eigenvalue weighted by Gasteiger charge is 2.36. The molecule has 0 unspecified atom stereocenters. The van der Waals surface area contributed by atoms with E-state index >= 15 is 0 Å². The fourth-order valence-electron chi connectivity index (χ4n) is 2.97. The summed E-state index contributed by atoms with van der Waals surface area (Å²) in [5.41, 5.74) is 1.81.